The van der Waals surface area contributed by atoms with Crippen molar-refractivity contribution in [2.75, 3.05) is 56.5 Å². The fourth-order valence-electron chi connectivity index (χ4n) is 6.21. The largest absolute Gasteiger partial charge is 0.469 e. The molecule has 5 aromatic rings. The monoisotopic (exact) mass is 888 g/mol. The third kappa shape index (κ3) is 11.8. The van der Waals surface area contributed by atoms with Gasteiger partial charge in [0, 0.05) is 25.3 Å². The molecule has 0 aliphatic carbocycles. The van der Waals surface area contributed by atoms with Gasteiger partial charge in [-0.15, -0.1) is 15.3 Å². The summed E-state index contributed by atoms with van der Waals surface area (Å²) in [5.41, 5.74) is 4.69. The molecule has 3 unspecified atom stereocenters. The third-order valence-electron chi connectivity index (χ3n) is 9.88. The normalized spacial score (nSPS) is 13.1. The van der Waals surface area contributed by atoms with Gasteiger partial charge in [0.15, 0.2) is 17.3 Å². The molecule has 0 spiro atoms. The van der Waals surface area contributed by atoms with Gasteiger partial charge in [-0.3, -0.25) is 9.59 Å². The van der Waals surface area contributed by atoms with Crippen LogP contribution in [0.15, 0.2) is 51.7 Å². The smallest absolute Gasteiger partial charge is 0.308 e. The summed E-state index contributed by atoms with van der Waals surface area (Å²) in [5.74, 6) is 0.129. The molecule has 0 amide bonds. The van der Waals surface area contributed by atoms with E-state index < -0.39 is 22.0 Å². The van der Waals surface area contributed by atoms with Crippen molar-refractivity contribution in [3.63, 3.8) is 0 Å². The number of aryl methyl sites for hydroxylation is 3. The molecular formula is C41H52N12O7S2. The Morgan fingerprint density at radius 1 is 1.00 bits per heavy atom. The fraction of sp³-hybridized carbons (Fsp3) is 0.439. The minimum Gasteiger partial charge on any atom is -0.469 e. The van der Waals surface area contributed by atoms with Crippen LogP contribution in [0.5, 0.6) is 0 Å². The lowest BCUT2D eigenvalue weighted by Gasteiger charge is -2.17. The van der Waals surface area contributed by atoms with Gasteiger partial charge >= 0.3 is 11.9 Å². The van der Waals surface area contributed by atoms with Gasteiger partial charge in [0.25, 0.3) is 0 Å². The van der Waals surface area contributed by atoms with E-state index in [4.69, 9.17) is 9.47 Å². The number of hydrogen-bond acceptors (Lipinski definition) is 18. The third-order valence-corrected chi connectivity index (χ3v) is 12.5. The highest BCUT2D eigenvalue weighted by atomic mass is 32.2. The van der Waals surface area contributed by atoms with E-state index in [0.717, 1.165) is 40.1 Å². The molecule has 4 N–H and O–H groups in total. The number of fused-ring (bicyclic) bond motifs is 1. The number of azo groups is 1. The second-order valence-corrected chi connectivity index (χ2v) is 17.4. The molecule has 19 nitrogen and oxygen atoms in total. The van der Waals surface area contributed by atoms with Crippen molar-refractivity contribution in [1.82, 2.24) is 29.5 Å². The Kier molecular flexibility index (Phi) is 16.0. The quantitative estimate of drug-likeness (QED) is 0.0324. The maximum absolute atomic E-state index is 13.1. The second-order valence-electron chi connectivity index (χ2n) is 14.7. The molecule has 330 valence electrons. The Labute approximate surface area is 364 Å². The van der Waals surface area contributed by atoms with E-state index in [1.54, 1.807) is 20.0 Å². The first-order chi connectivity index (χ1) is 29.6. The van der Waals surface area contributed by atoms with Crippen LogP contribution < -0.4 is 20.7 Å². The lowest BCUT2D eigenvalue weighted by Crippen LogP contribution is -2.34. The highest BCUT2D eigenvalue weighted by molar-refractivity contribution is 7.89. The molecule has 0 fully saturated rings. The number of anilines is 4. The molecule has 0 saturated carbocycles. The van der Waals surface area contributed by atoms with Gasteiger partial charge in [-0.2, -0.15) is 15.2 Å². The molecular weight excluding hydrogens is 837 g/mol. The number of sulfonamides is 1. The van der Waals surface area contributed by atoms with Crippen LogP contribution in [0.4, 0.5) is 34.8 Å². The van der Waals surface area contributed by atoms with Crippen molar-refractivity contribution in [2.24, 2.45) is 22.1 Å². The van der Waals surface area contributed by atoms with E-state index in [1.807, 2.05) is 53.7 Å². The molecule has 0 saturated heterocycles. The van der Waals surface area contributed by atoms with E-state index in [2.05, 4.69) is 61.8 Å². The molecule has 21 heteroatoms. The number of benzene rings is 2. The van der Waals surface area contributed by atoms with Crippen LogP contribution in [-0.2, 0) is 33.8 Å². The Morgan fingerprint density at radius 2 is 1.73 bits per heavy atom. The van der Waals surface area contributed by atoms with Crippen molar-refractivity contribution < 1.29 is 32.2 Å². The van der Waals surface area contributed by atoms with Crippen molar-refractivity contribution in [3.05, 3.63) is 58.8 Å². The predicted octanol–water partition coefficient (Wildman–Crippen LogP) is 7.15. The van der Waals surface area contributed by atoms with E-state index in [9.17, 15) is 23.3 Å². The van der Waals surface area contributed by atoms with Gasteiger partial charge in [0.1, 0.15) is 18.2 Å². The minimum absolute atomic E-state index is 0.0137. The van der Waals surface area contributed by atoms with Crippen LogP contribution in [0.2, 0.25) is 0 Å². The first kappa shape index (κ1) is 47.0. The van der Waals surface area contributed by atoms with E-state index in [1.165, 1.54) is 30.1 Å². The molecule has 0 aliphatic rings. The SMILES string of the molecule is CCC(C)C(C)C(=O)OCCOCCNc1nc(NC)nc(Nc2c(C)cc(C)cc2C)c1N=Nc1nn(-c2nc3ccc(S(=O)(=O)NC(C)CC(=O)OC)cc3s2)cc1C#N. The number of carbonyl (C=O) groups excluding carboxylic acids is 2. The zero-order valence-electron chi connectivity index (χ0n) is 36.2. The standard InChI is InChI=1S/C41H52N12O7S2/c1-10-24(3)28(7)39(55)60-16-15-59-14-13-44-37-35(38(48-40(43-8)47-37)46-34-25(4)17-23(2)18-26(34)5)49-50-36-29(21-42)22-53(51-36)41-45-31-12-11-30(20-32(31)61-41)62(56,57)52-27(6)19-33(54)58-9/h11-12,17-18,20,22,24,27-28,52H,10,13-16,19H2,1-9H3,(H3,43,44,46,47,48). The Morgan fingerprint density at radius 3 is 2.40 bits per heavy atom. The summed E-state index contributed by atoms with van der Waals surface area (Å²) >= 11 is 1.15. The van der Waals surface area contributed by atoms with Gasteiger partial charge in [-0.1, -0.05) is 56.2 Å². The van der Waals surface area contributed by atoms with Crippen LogP contribution in [0.3, 0.4) is 0 Å². The highest BCUT2D eigenvalue weighted by Crippen LogP contribution is 2.37. The zero-order valence-corrected chi connectivity index (χ0v) is 37.8. The molecule has 0 radical (unpaired) electrons. The number of nitriles is 1. The molecule has 3 atom stereocenters. The van der Waals surface area contributed by atoms with E-state index in [0.29, 0.717) is 39.5 Å². The number of carbonyl (C=O) groups is 2. The summed E-state index contributed by atoms with van der Waals surface area (Å²) in [5, 5.41) is 33.6. The lowest BCUT2D eigenvalue weighted by atomic mass is 9.94. The summed E-state index contributed by atoms with van der Waals surface area (Å²) in [7, 11) is -1.05. The average molecular weight is 889 g/mol. The number of thiazole rings is 1. The number of nitrogens with one attached hydrogen (secondary N) is 4. The molecule has 3 aromatic heterocycles. The number of methoxy groups -OCH3 is 1. The number of ether oxygens (including phenoxy) is 3. The van der Waals surface area contributed by atoms with Crippen LogP contribution in [0.1, 0.15) is 62.8 Å². The van der Waals surface area contributed by atoms with E-state index >= 15 is 0 Å². The molecule has 62 heavy (non-hydrogen) atoms. The number of hydrogen-bond donors (Lipinski definition) is 4. The molecule has 2 aromatic carbocycles. The van der Waals surface area contributed by atoms with Gasteiger partial charge in [-0.05, 0) is 62.9 Å². The summed E-state index contributed by atoms with van der Waals surface area (Å²) in [6.07, 6.45) is 2.21. The number of esters is 2. The first-order valence-corrected chi connectivity index (χ1v) is 22.2. The predicted molar refractivity (Wildman–Crippen MR) is 236 cm³/mol. The van der Waals surface area contributed by atoms with Gasteiger partial charge < -0.3 is 30.2 Å². The van der Waals surface area contributed by atoms with Crippen LogP contribution in [0, 0.1) is 43.9 Å². The highest BCUT2D eigenvalue weighted by Gasteiger charge is 2.23. The first-order valence-electron chi connectivity index (χ1n) is 19.9. The van der Waals surface area contributed by atoms with Gasteiger partial charge in [0.2, 0.25) is 26.9 Å². The summed E-state index contributed by atoms with van der Waals surface area (Å²) in [4.78, 5) is 37.9. The van der Waals surface area contributed by atoms with Crippen molar-refractivity contribution >= 4 is 78.3 Å². The van der Waals surface area contributed by atoms with E-state index in [-0.39, 0.29) is 66.0 Å². The summed E-state index contributed by atoms with van der Waals surface area (Å²) in [6, 6.07) is 9.96. The maximum atomic E-state index is 13.1. The van der Waals surface area contributed by atoms with Gasteiger partial charge in [0.05, 0.1) is 54.0 Å². The molecule has 3 heterocycles. The van der Waals surface area contributed by atoms with Crippen LogP contribution in [0.25, 0.3) is 15.3 Å². The van der Waals surface area contributed by atoms with Crippen molar-refractivity contribution in [2.45, 2.75) is 72.2 Å². The van der Waals surface area contributed by atoms with Crippen molar-refractivity contribution in [3.8, 4) is 11.2 Å². The fourth-order valence-corrected chi connectivity index (χ4v) is 8.48. The van der Waals surface area contributed by atoms with Crippen LogP contribution >= 0.6 is 11.3 Å². The zero-order chi connectivity index (χ0) is 45.1. The number of aromatic nitrogens is 5. The molecule has 5 rings (SSSR count). The summed E-state index contributed by atoms with van der Waals surface area (Å²) in [6.45, 7) is 14.4. The van der Waals surface area contributed by atoms with Crippen LogP contribution in [-0.4, -0.2) is 91.7 Å². The topological polar surface area (TPSA) is 249 Å². The lowest BCUT2D eigenvalue weighted by molar-refractivity contribution is -0.151. The average Bonchev–Trinajstić information content (AvgIpc) is 3.87. The Balaban J connectivity index is 1.41. The minimum atomic E-state index is -3.98. The molecule has 0 aliphatic heterocycles. The second kappa shape index (κ2) is 21.1. The maximum Gasteiger partial charge on any atom is 0.308 e. The Hall–Kier alpha value is -6.08. The number of nitrogens with zero attached hydrogens (tertiary/aromatic N) is 8. The van der Waals surface area contributed by atoms with Gasteiger partial charge in [-0.25, -0.2) is 22.8 Å². The summed E-state index contributed by atoms with van der Waals surface area (Å²) < 4.78 is 46.4. The van der Waals surface area contributed by atoms with Crippen molar-refractivity contribution in [1.29, 1.82) is 5.26 Å². The number of rotatable bonds is 21. The Bertz CT molecular complexity index is 2560. The molecule has 0 bridgehead atoms.